The predicted octanol–water partition coefficient (Wildman–Crippen LogP) is 2.28. The summed E-state index contributed by atoms with van der Waals surface area (Å²) in [6.45, 7) is 1.69. The lowest BCUT2D eigenvalue weighted by Crippen LogP contribution is -2.28. The summed E-state index contributed by atoms with van der Waals surface area (Å²) >= 11 is 0. The lowest BCUT2D eigenvalue weighted by atomic mass is 10.2. The number of halogens is 1. The van der Waals surface area contributed by atoms with Crippen molar-refractivity contribution < 1.29 is 9.18 Å². The quantitative estimate of drug-likeness (QED) is 0.593. The van der Waals surface area contributed by atoms with Crippen LogP contribution in [0.2, 0.25) is 0 Å². The number of hydrogen-bond donors (Lipinski definition) is 1. The van der Waals surface area contributed by atoms with Crippen LogP contribution >= 0.6 is 0 Å². The Balaban J connectivity index is 1.72. The smallest absolute Gasteiger partial charge is 0.264 e. The third-order valence-electron chi connectivity index (χ3n) is 3.41. The van der Waals surface area contributed by atoms with Gasteiger partial charge >= 0.3 is 0 Å². The maximum Gasteiger partial charge on any atom is 0.264 e. The molecule has 1 unspecified atom stereocenters. The summed E-state index contributed by atoms with van der Waals surface area (Å²) in [6, 6.07) is 12.9. The lowest BCUT2D eigenvalue weighted by molar-refractivity contribution is -0.124. The van der Waals surface area contributed by atoms with Crippen molar-refractivity contribution in [3.63, 3.8) is 0 Å². The molecule has 7 heteroatoms. The number of benzene rings is 2. The van der Waals surface area contributed by atoms with Crippen molar-refractivity contribution >= 4 is 23.2 Å². The van der Waals surface area contributed by atoms with E-state index in [1.807, 2.05) is 24.3 Å². The Morgan fingerprint density at radius 3 is 2.83 bits per heavy atom. The molecular weight excluding hydrogens is 297 g/mol. The summed E-state index contributed by atoms with van der Waals surface area (Å²) in [6.07, 6.45) is 1.26. The van der Waals surface area contributed by atoms with Gasteiger partial charge in [0.25, 0.3) is 5.91 Å². The molecule has 0 bridgehead atoms. The molecule has 0 aliphatic rings. The Labute approximate surface area is 131 Å². The van der Waals surface area contributed by atoms with E-state index in [0.717, 1.165) is 5.52 Å². The fourth-order valence-corrected chi connectivity index (χ4v) is 2.12. The Kier molecular flexibility index (Phi) is 4.09. The summed E-state index contributed by atoms with van der Waals surface area (Å²) < 4.78 is 15.0. The van der Waals surface area contributed by atoms with Gasteiger partial charge in [0.05, 0.1) is 11.7 Å². The van der Waals surface area contributed by atoms with E-state index < -0.39 is 11.9 Å². The van der Waals surface area contributed by atoms with Gasteiger partial charge in [-0.3, -0.25) is 4.79 Å². The summed E-state index contributed by atoms with van der Waals surface area (Å²) in [5, 5.41) is 11.8. The largest absolute Gasteiger partial charge is 0.271 e. The van der Waals surface area contributed by atoms with Gasteiger partial charge in [-0.15, -0.1) is 5.10 Å². The van der Waals surface area contributed by atoms with Gasteiger partial charge in [-0.05, 0) is 25.1 Å². The molecule has 1 N–H and O–H groups in total. The van der Waals surface area contributed by atoms with E-state index >= 15 is 0 Å². The van der Waals surface area contributed by atoms with Crippen molar-refractivity contribution in [1.29, 1.82) is 0 Å². The second kappa shape index (κ2) is 6.35. The molecule has 0 spiro atoms. The van der Waals surface area contributed by atoms with Crippen molar-refractivity contribution in [2.45, 2.75) is 13.0 Å². The van der Waals surface area contributed by atoms with Crippen molar-refractivity contribution in [2.24, 2.45) is 5.10 Å². The fraction of sp³-hybridized carbons (Fsp3) is 0.125. The van der Waals surface area contributed by atoms with Crippen LogP contribution in [-0.2, 0) is 4.79 Å². The summed E-state index contributed by atoms with van der Waals surface area (Å²) in [5.41, 5.74) is 4.15. The number of para-hydroxylation sites is 1. The van der Waals surface area contributed by atoms with Crippen LogP contribution in [0.15, 0.2) is 53.6 Å². The number of nitrogens with one attached hydrogen (secondary N) is 1. The molecule has 0 fully saturated rings. The first-order chi connectivity index (χ1) is 11.2. The lowest BCUT2D eigenvalue weighted by Gasteiger charge is -2.10. The first-order valence-corrected chi connectivity index (χ1v) is 7.04. The molecule has 0 aliphatic carbocycles. The topological polar surface area (TPSA) is 72.2 Å². The van der Waals surface area contributed by atoms with Gasteiger partial charge in [0.2, 0.25) is 0 Å². The van der Waals surface area contributed by atoms with Crippen LogP contribution in [0.3, 0.4) is 0 Å². The van der Waals surface area contributed by atoms with Crippen LogP contribution in [0.5, 0.6) is 0 Å². The average molecular weight is 311 g/mol. The van der Waals surface area contributed by atoms with Gasteiger partial charge in [0.15, 0.2) is 0 Å². The molecule has 6 nitrogen and oxygen atoms in total. The van der Waals surface area contributed by atoms with E-state index in [9.17, 15) is 9.18 Å². The molecule has 1 atom stereocenters. The van der Waals surface area contributed by atoms with E-state index in [-0.39, 0.29) is 5.91 Å². The second-order valence-corrected chi connectivity index (χ2v) is 4.95. The van der Waals surface area contributed by atoms with Crippen LogP contribution in [0.25, 0.3) is 11.0 Å². The standard InChI is InChI=1S/C16H14FN5O/c1-11(22-15-9-5-4-8-14(15)19-21-22)16(23)20-18-10-12-6-2-3-7-13(12)17/h2-11H,1H3,(H,20,23). The monoisotopic (exact) mass is 311 g/mol. The van der Waals surface area contributed by atoms with Gasteiger partial charge in [-0.1, -0.05) is 35.5 Å². The zero-order valence-electron chi connectivity index (χ0n) is 12.3. The number of carbonyl (C=O) groups is 1. The Morgan fingerprint density at radius 1 is 1.26 bits per heavy atom. The van der Waals surface area contributed by atoms with Gasteiger partial charge in [0, 0.05) is 5.56 Å². The Bertz CT molecular complexity index is 874. The van der Waals surface area contributed by atoms with E-state index in [1.165, 1.54) is 17.0 Å². The number of hydrazone groups is 1. The highest BCUT2D eigenvalue weighted by molar-refractivity contribution is 5.85. The number of aromatic nitrogens is 3. The summed E-state index contributed by atoms with van der Waals surface area (Å²) in [7, 11) is 0. The number of nitrogens with zero attached hydrogens (tertiary/aromatic N) is 4. The minimum Gasteiger partial charge on any atom is -0.271 e. The van der Waals surface area contributed by atoms with Gasteiger partial charge in [-0.2, -0.15) is 5.10 Å². The van der Waals surface area contributed by atoms with Crippen molar-refractivity contribution in [3.05, 3.63) is 59.9 Å². The van der Waals surface area contributed by atoms with Crippen LogP contribution in [-0.4, -0.2) is 27.1 Å². The van der Waals surface area contributed by atoms with Crippen molar-refractivity contribution in [2.75, 3.05) is 0 Å². The molecule has 23 heavy (non-hydrogen) atoms. The third-order valence-corrected chi connectivity index (χ3v) is 3.41. The highest BCUT2D eigenvalue weighted by Crippen LogP contribution is 2.15. The van der Waals surface area contributed by atoms with Crippen LogP contribution in [0.4, 0.5) is 4.39 Å². The van der Waals surface area contributed by atoms with Crippen LogP contribution in [0.1, 0.15) is 18.5 Å². The van der Waals surface area contributed by atoms with Gasteiger partial charge < -0.3 is 0 Å². The van der Waals surface area contributed by atoms with Gasteiger partial charge in [0.1, 0.15) is 17.4 Å². The molecule has 1 amide bonds. The molecule has 3 aromatic rings. The first kappa shape index (κ1) is 14.8. The van der Waals surface area contributed by atoms with Gasteiger partial charge in [-0.25, -0.2) is 14.5 Å². The van der Waals surface area contributed by atoms with E-state index in [1.54, 1.807) is 25.1 Å². The third kappa shape index (κ3) is 3.08. The molecule has 0 radical (unpaired) electrons. The molecule has 1 heterocycles. The summed E-state index contributed by atoms with van der Waals surface area (Å²) in [4.78, 5) is 12.2. The van der Waals surface area contributed by atoms with Crippen molar-refractivity contribution in [3.8, 4) is 0 Å². The summed E-state index contributed by atoms with van der Waals surface area (Å²) in [5.74, 6) is -0.769. The number of rotatable bonds is 4. The molecule has 116 valence electrons. The molecular formula is C16H14FN5O. The highest BCUT2D eigenvalue weighted by Gasteiger charge is 2.18. The number of amides is 1. The first-order valence-electron chi connectivity index (χ1n) is 7.04. The molecule has 3 rings (SSSR count). The Morgan fingerprint density at radius 2 is 2.00 bits per heavy atom. The van der Waals surface area contributed by atoms with E-state index in [4.69, 9.17) is 0 Å². The fourth-order valence-electron chi connectivity index (χ4n) is 2.12. The minimum absolute atomic E-state index is 0.298. The molecule has 2 aromatic carbocycles. The zero-order valence-corrected chi connectivity index (χ0v) is 12.3. The highest BCUT2D eigenvalue weighted by atomic mass is 19.1. The molecule has 0 saturated heterocycles. The molecule has 0 aliphatic heterocycles. The van der Waals surface area contributed by atoms with Crippen LogP contribution in [0, 0.1) is 5.82 Å². The normalized spacial score (nSPS) is 12.6. The zero-order chi connectivity index (χ0) is 16.2. The SMILES string of the molecule is CC(C(=O)NN=Cc1ccccc1F)n1nnc2ccccc21. The molecule has 1 aromatic heterocycles. The number of carbonyl (C=O) groups excluding carboxylic acids is 1. The number of fused-ring (bicyclic) bond motifs is 1. The van der Waals surface area contributed by atoms with Crippen LogP contribution < -0.4 is 5.43 Å². The van der Waals surface area contributed by atoms with E-state index in [0.29, 0.717) is 11.1 Å². The minimum atomic E-state index is -0.597. The maximum atomic E-state index is 13.4. The Hall–Kier alpha value is -3.09. The predicted molar refractivity (Wildman–Crippen MR) is 84.4 cm³/mol. The number of hydrogen-bond acceptors (Lipinski definition) is 4. The van der Waals surface area contributed by atoms with E-state index in [2.05, 4.69) is 20.8 Å². The molecule has 0 saturated carbocycles. The maximum absolute atomic E-state index is 13.4. The second-order valence-electron chi connectivity index (χ2n) is 4.95. The van der Waals surface area contributed by atoms with Crippen molar-refractivity contribution in [1.82, 2.24) is 20.4 Å². The average Bonchev–Trinajstić information content (AvgIpc) is 3.00.